The molecule has 4 amide bonds. The van der Waals surface area contributed by atoms with Crippen LogP contribution in [-0.2, 0) is 30.8 Å². The third-order valence-electron chi connectivity index (χ3n) is 11.8. The number of benzene rings is 3. The van der Waals surface area contributed by atoms with Gasteiger partial charge in [0.25, 0.3) is 11.8 Å². The molecule has 16 heteroatoms. The fourth-order valence-electron chi connectivity index (χ4n) is 9.13. The molecule has 3 aromatic carbocycles. The Kier molecular flexibility index (Phi) is 9.91. The number of anilines is 2. The number of nitrogens with zero attached hydrogens (tertiary/aromatic N) is 3. The number of fused-ring (bicyclic) bond motifs is 4. The van der Waals surface area contributed by atoms with Crippen LogP contribution < -0.4 is 15.1 Å². The maximum atomic E-state index is 15.3. The summed E-state index contributed by atoms with van der Waals surface area (Å²) >= 11 is 12.6. The number of pyridine rings is 1. The number of ketones is 1. The van der Waals surface area contributed by atoms with E-state index >= 15 is 4.79 Å². The normalized spacial score (nSPS) is 25.2. The number of hydrogen-bond acceptors (Lipinski definition) is 9. The van der Waals surface area contributed by atoms with E-state index in [-0.39, 0.29) is 41.6 Å². The first-order valence-corrected chi connectivity index (χ1v) is 19.2. The number of rotatable bonds is 8. The molecule has 302 valence electrons. The standard InChI is InChI=1S/C43H33Cl2F3N4O7/c1-21(53)23-5-11-27(12-6-23)51-38(55)29-14-13-28-30(36(29)40(51)57)19-32-39(56)52(50-37-33(45)18-25(20-49-37)43(46,47)48)41(58)42(32,24-7-9-26(44)10-8-24)31(28)15-3-22-4-16-34(54)35(17-22)59-2/h3-13,15-18,20,29-32,36,54H,14,19H2,1-2H3,(H,49,50)/t29-,30+,31-,32-,36-,42-/m0/s1. The van der Waals surface area contributed by atoms with Crippen molar-refractivity contribution in [2.75, 3.05) is 17.4 Å². The molecule has 59 heavy (non-hydrogen) atoms. The molecule has 6 atom stereocenters. The molecular formula is C43H33Cl2F3N4O7. The van der Waals surface area contributed by atoms with Gasteiger partial charge in [0.1, 0.15) is 0 Å². The van der Waals surface area contributed by atoms with Crippen LogP contribution in [0.3, 0.4) is 0 Å². The summed E-state index contributed by atoms with van der Waals surface area (Å²) in [6.45, 7) is 1.40. The number of allylic oxidation sites excluding steroid dienone is 3. The van der Waals surface area contributed by atoms with Crippen molar-refractivity contribution in [1.29, 1.82) is 0 Å². The molecule has 4 aliphatic rings. The van der Waals surface area contributed by atoms with E-state index < -0.39 is 75.4 Å². The Balaban J connectivity index is 1.28. The largest absolute Gasteiger partial charge is 0.504 e. The van der Waals surface area contributed by atoms with Crippen molar-refractivity contribution in [2.45, 2.75) is 31.4 Å². The van der Waals surface area contributed by atoms with Crippen LogP contribution in [0.2, 0.25) is 10.0 Å². The van der Waals surface area contributed by atoms with Gasteiger partial charge >= 0.3 is 6.18 Å². The van der Waals surface area contributed by atoms with E-state index in [0.717, 1.165) is 4.90 Å². The summed E-state index contributed by atoms with van der Waals surface area (Å²) in [4.78, 5) is 75.7. The first-order chi connectivity index (χ1) is 28.1. The van der Waals surface area contributed by atoms with Crippen molar-refractivity contribution >= 4 is 70.2 Å². The molecule has 11 nitrogen and oxygen atoms in total. The minimum Gasteiger partial charge on any atom is -0.504 e. The molecule has 3 heterocycles. The number of amides is 4. The number of imide groups is 2. The zero-order valence-electron chi connectivity index (χ0n) is 31.2. The number of Topliss-reactive ketones (excluding diaryl/α,β-unsaturated/α-hetero) is 1. The van der Waals surface area contributed by atoms with Crippen molar-refractivity contribution in [3.8, 4) is 11.5 Å². The second kappa shape index (κ2) is 14.7. The number of hydrazine groups is 1. The van der Waals surface area contributed by atoms with E-state index in [4.69, 9.17) is 27.9 Å². The van der Waals surface area contributed by atoms with Crippen LogP contribution in [0.25, 0.3) is 6.08 Å². The fraction of sp³-hybridized carbons (Fsp3) is 0.256. The predicted molar refractivity (Wildman–Crippen MR) is 210 cm³/mol. The number of carbonyl (C=O) groups is 5. The molecule has 2 saturated heterocycles. The zero-order valence-corrected chi connectivity index (χ0v) is 32.7. The van der Waals surface area contributed by atoms with Gasteiger partial charge < -0.3 is 9.84 Å². The van der Waals surface area contributed by atoms with E-state index in [0.29, 0.717) is 44.6 Å². The Morgan fingerprint density at radius 2 is 1.68 bits per heavy atom. The molecule has 0 unspecified atom stereocenters. The van der Waals surface area contributed by atoms with Gasteiger partial charge in [0, 0.05) is 22.7 Å². The van der Waals surface area contributed by atoms with Crippen molar-refractivity contribution in [1.82, 2.24) is 9.99 Å². The van der Waals surface area contributed by atoms with Gasteiger partial charge in [-0.05, 0) is 91.4 Å². The summed E-state index contributed by atoms with van der Waals surface area (Å²) in [6, 6.07) is 17.8. The van der Waals surface area contributed by atoms with Gasteiger partial charge in [-0.15, -0.1) is 0 Å². The summed E-state index contributed by atoms with van der Waals surface area (Å²) in [5, 5.41) is 10.9. The minimum absolute atomic E-state index is 0.0694. The number of alkyl halides is 3. The van der Waals surface area contributed by atoms with Crippen LogP contribution in [-0.4, -0.2) is 51.6 Å². The Bertz CT molecular complexity index is 2510. The average Bonchev–Trinajstić information content (AvgIpc) is 3.59. The lowest BCUT2D eigenvalue weighted by molar-refractivity contribution is -0.139. The van der Waals surface area contributed by atoms with Gasteiger partial charge in [0.2, 0.25) is 11.8 Å². The highest BCUT2D eigenvalue weighted by Crippen LogP contribution is 2.62. The molecule has 2 aliphatic heterocycles. The summed E-state index contributed by atoms with van der Waals surface area (Å²) < 4.78 is 45.9. The molecule has 0 spiro atoms. The van der Waals surface area contributed by atoms with Crippen molar-refractivity contribution < 1.29 is 47.0 Å². The first kappa shape index (κ1) is 39.8. The molecule has 2 aliphatic carbocycles. The number of nitrogens with one attached hydrogen (secondary N) is 1. The molecule has 8 rings (SSSR count). The number of hydrogen-bond donors (Lipinski definition) is 2. The second-order valence-electron chi connectivity index (χ2n) is 14.9. The van der Waals surface area contributed by atoms with Crippen molar-refractivity contribution in [2.24, 2.45) is 29.6 Å². The number of aromatic nitrogens is 1. The lowest BCUT2D eigenvalue weighted by Crippen LogP contribution is -2.54. The molecule has 1 saturated carbocycles. The zero-order chi connectivity index (χ0) is 42.1. The van der Waals surface area contributed by atoms with Crippen LogP contribution in [0.15, 0.2) is 96.7 Å². The van der Waals surface area contributed by atoms with Gasteiger partial charge in [-0.3, -0.25) is 34.3 Å². The van der Waals surface area contributed by atoms with Gasteiger partial charge in [0.15, 0.2) is 23.1 Å². The summed E-state index contributed by atoms with van der Waals surface area (Å²) in [7, 11) is 1.39. The molecule has 2 N–H and O–H groups in total. The molecule has 1 aromatic heterocycles. The topological polar surface area (TPSA) is 146 Å². The van der Waals surface area contributed by atoms with Gasteiger partial charge in [0.05, 0.1) is 46.6 Å². The minimum atomic E-state index is -4.77. The number of halogens is 5. The van der Waals surface area contributed by atoms with E-state index in [2.05, 4.69) is 10.4 Å². The number of ether oxygens (including phenoxy) is 1. The lowest BCUT2D eigenvalue weighted by atomic mass is 9.50. The smallest absolute Gasteiger partial charge is 0.417 e. The summed E-state index contributed by atoms with van der Waals surface area (Å²) in [5.74, 6) is -7.60. The molecule has 0 radical (unpaired) electrons. The Hall–Kier alpha value is -5.99. The fourth-order valence-corrected chi connectivity index (χ4v) is 9.47. The molecule has 0 bridgehead atoms. The van der Waals surface area contributed by atoms with Crippen LogP contribution in [0.1, 0.15) is 46.8 Å². The monoisotopic (exact) mass is 844 g/mol. The van der Waals surface area contributed by atoms with E-state index in [1.807, 2.05) is 6.08 Å². The molecule has 4 aromatic rings. The molecule has 3 fully saturated rings. The van der Waals surface area contributed by atoms with Gasteiger partial charge in [-0.2, -0.15) is 18.2 Å². The van der Waals surface area contributed by atoms with Crippen LogP contribution >= 0.6 is 23.2 Å². The Morgan fingerprint density at radius 1 is 0.966 bits per heavy atom. The number of methoxy groups -OCH3 is 1. The van der Waals surface area contributed by atoms with Crippen LogP contribution in [0, 0.1) is 29.6 Å². The Morgan fingerprint density at radius 3 is 2.32 bits per heavy atom. The maximum absolute atomic E-state index is 15.3. The summed E-state index contributed by atoms with van der Waals surface area (Å²) in [6.07, 6.45) is 1.11. The third kappa shape index (κ3) is 6.45. The lowest BCUT2D eigenvalue weighted by Gasteiger charge is -2.49. The van der Waals surface area contributed by atoms with Gasteiger partial charge in [-0.25, -0.2) is 4.98 Å². The average molecular weight is 846 g/mol. The van der Waals surface area contributed by atoms with Crippen LogP contribution in [0.5, 0.6) is 11.5 Å². The number of phenols is 1. The van der Waals surface area contributed by atoms with E-state index in [9.17, 15) is 37.5 Å². The maximum Gasteiger partial charge on any atom is 0.417 e. The van der Waals surface area contributed by atoms with E-state index in [1.165, 1.54) is 44.4 Å². The van der Waals surface area contributed by atoms with E-state index in [1.54, 1.807) is 48.6 Å². The second-order valence-corrected chi connectivity index (χ2v) is 15.7. The van der Waals surface area contributed by atoms with Crippen molar-refractivity contribution in [3.05, 3.63) is 129 Å². The highest BCUT2D eigenvalue weighted by molar-refractivity contribution is 6.33. The predicted octanol–water partition coefficient (Wildman–Crippen LogP) is 8.06. The number of aromatic hydroxyl groups is 1. The third-order valence-corrected chi connectivity index (χ3v) is 12.4. The highest BCUT2D eigenvalue weighted by atomic mass is 35.5. The number of phenolic OH excluding ortho intramolecular Hbond substituents is 1. The first-order valence-electron chi connectivity index (χ1n) is 18.4. The summed E-state index contributed by atoms with van der Waals surface area (Å²) in [5.41, 5.74) is 2.00. The van der Waals surface area contributed by atoms with Gasteiger partial charge in [-0.1, -0.05) is 65.2 Å². The highest BCUT2D eigenvalue weighted by Gasteiger charge is 2.69. The SMILES string of the molecule is COc1cc(C=C[C@H]2C3=CC[C@@H]4C(=O)N(c5ccc(C(C)=O)cc5)C(=O)[C@@H]4[C@@H]3C[C@H]3C(=O)N(Nc4ncc(C(F)(F)F)cc4Cl)C(=O)[C@@]23c2ccc(Cl)cc2)ccc1O. The molecular weight excluding hydrogens is 812 g/mol. The quantitative estimate of drug-likeness (QED) is 0.102. The van der Waals surface area contributed by atoms with Crippen molar-refractivity contribution in [3.63, 3.8) is 0 Å². The Labute approximate surface area is 345 Å². The van der Waals surface area contributed by atoms with Crippen LogP contribution in [0.4, 0.5) is 24.7 Å². The number of carbonyl (C=O) groups excluding carboxylic acids is 5.